The van der Waals surface area contributed by atoms with Crippen molar-refractivity contribution in [2.45, 2.75) is 43.9 Å². The summed E-state index contributed by atoms with van der Waals surface area (Å²) in [5, 5.41) is 5.33. The molecule has 4 aliphatic rings. The maximum absolute atomic E-state index is 2.60. The van der Waals surface area contributed by atoms with Crippen LogP contribution < -0.4 is 0 Å². The van der Waals surface area contributed by atoms with E-state index >= 15 is 0 Å². The van der Waals surface area contributed by atoms with E-state index in [-0.39, 0.29) is 0 Å². The van der Waals surface area contributed by atoms with Gasteiger partial charge in [-0.3, -0.25) is 0 Å². The molecule has 0 aliphatic heterocycles. The Morgan fingerprint density at radius 3 is 1.52 bits per heavy atom. The largest absolute Gasteiger partial charge is 0.309 e. The second-order valence-corrected chi connectivity index (χ2v) is 15.2. The van der Waals surface area contributed by atoms with Crippen molar-refractivity contribution in [1.82, 2.24) is 9.13 Å². The number of para-hydroxylation sites is 2. The summed E-state index contributed by atoms with van der Waals surface area (Å²) in [5.41, 5.74) is 11.9. The zero-order valence-electron chi connectivity index (χ0n) is 27.1. The molecule has 4 fully saturated rings. The topological polar surface area (TPSA) is 9.86 Å². The molecule has 0 spiro atoms. The monoisotopic (exact) mass is 618 g/mol. The van der Waals surface area contributed by atoms with E-state index in [0.717, 1.165) is 17.8 Å². The van der Waals surface area contributed by atoms with E-state index in [1.165, 1.54) is 105 Å². The van der Waals surface area contributed by atoms with Crippen molar-refractivity contribution < 1.29 is 0 Å². The molecule has 48 heavy (non-hydrogen) atoms. The molecule has 12 rings (SSSR count). The van der Waals surface area contributed by atoms with Crippen LogP contribution in [-0.2, 0) is 5.41 Å². The summed E-state index contributed by atoms with van der Waals surface area (Å²) >= 11 is 0. The van der Waals surface area contributed by atoms with E-state index in [9.17, 15) is 0 Å². The molecule has 2 heterocycles. The summed E-state index contributed by atoms with van der Waals surface area (Å²) in [6.07, 6.45) is 8.66. The van der Waals surface area contributed by atoms with Gasteiger partial charge in [-0.1, -0.05) is 84.9 Å². The minimum atomic E-state index is 0.395. The molecule has 232 valence electrons. The fourth-order valence-corrected chi connectivity index (χ4v) is 10.9. The van der Waals surface area contributed by atoms with Crippen molar-refractivity contribution in [1.29, 1.82) is 0 Å². The molecule has 6 aromatic carbocycles. The van der Waals surface area contributed by atoms with Crippen molar-refractivity contribution in [3.8, 4) is 22.5 Å². The highest BCUT2D eigenvalue weighted by Gasteiger charge is 2.51. The quantitative estimate of drug-likeness (QED) is 0.186. The number of aromatic nitrogens is 2. The molecule has 0 N–H and O–H groups in total. The van der Waals surface area contributed by atoms with E-state index in [1.54, 1.807) is 5.56 Å². The predicted octanol–water partition coefficient (Wildman–Crippen LogP) is 12.0. The summed E-state index contributed by atoms with van der Waals surface area (Å²) in [6, 6.07) is 52.2. The third-order valence-electron chi connectivity index (χ3n) is 12.5. The molecule has 2 nitrogen and oxygen atoms in total. The maximum atomic E-state index is 2.60. The van der Waals surface area contributed by atoms with Gasteiger partial charge >= 0.3 is 0 Å². The van der Waals surface area contributed by atoms with Gasteiger partial charge in [0.2, 0.25) is 0 Å². The first-order valence-corrected chi connectivity index (χ1v) is 17.9. The van der Waals surface area contributed by atoms with E-state index in [0.29, 0.717) is 5.41 Å². The van der Waals surface area contributed by atoms with Gasteiger partial charge in [-0.05, 0) is 133 Å². The molecule has 4 bridgehead atoms. The van der Waals surface area contributed by atoms with Crippen LogP contribution in [0, 0.1) is 17.8 Å². The average Bonchev–Trinajstić information content (AvgIpc) is 3.64. The highest BCUT2D eigenvalue weighted by atomic mass is 15.0. The van der Waals surface area contributed by atoms with Crippen LogP contribution in [-0.4, -0.2) is 9.13 Å². The number of fused-ring (bicyclic) bond motifs is 6. The van der Waals surface area contributed by atoms with E-state index < -0.39 is 0 Å². The van der Waals surface area contributed by atoms with Crippen LogP contribution in [0.4, 0.5) is 0 Å². The zero-order valence-corrected chi connectivity index (χ0v) is 27.1. The molecule has 0 unspecified atom stereocenters. The van der Waals surface area contributed by atoms with Crippen molar-refractivity contribution >= 4 is 43.6 Å². The smallest absolute Gasteiger partial charge is 0.0542 e. The zero-order chi connectivity index (χ0) is 31.4. The van der Waals surface area contributed by atoms with Crippen LogP contribution in [0.15, 0.2) is 140 Å². The summed E-state index contributed by atoms with van der Waals surface area (Å²) in [7, 11) is 0. The van der Waals surface area contributed by atoms with E-state index in [1.807, 2.05) is 0 Å². The normalized spacial score (nSPS) is 23.2. The fraction of sp³-hybridized carbons (Fsp3) is 0.217. The van der Waals surface area contributed by atoms with Gasteiger partial charge in [-0.2, -0.15) is 0 Å². The highest BCUT2D eigenvalue weighted by Crippen LogP contribution is 2.61. The Labute approximate surface area is 281 Å². The van der Waals surface area contributed by atoms with Crippen molar-refractivity contribution in [3.05, 3.63) is 145 Å². The van der Waals surface area contributed by atoms with Gasteiger partial charge in [0.15, 0.2) is 0 Å². The first-order chi connectivity index (χ1) is 23.7. The van der Waals surface area contributed by atoms with Crippen LogP contribution in [0.2, 0.25) is 0 Å². The SMILES string of the molecule is c1ccc(-c2ccc(-n3c4ccccc4c4cc(-n5c6ccccc6c6cc(C78CC9CC(CC(C9)C7)C8)ccc65)ccc43)cc2)cc1. The molecule has 0 radical (unpaired) electrons. The van der Waals surface area contributed by atoms with Gasteiger partial charge < -0.3 is 9.13 Å². The Bertz CT molecular complexity index is 2490. The first kappa shape index (κ1) is 26.9. The van der Waals surface area contributed by atoms with Crippen LogP contribution >= 0.6 is 0 Å². The van der Waals surface area contributed by atoms with Crippen molar-refractivity contribution in [2.24, 2.45) is 17.8 Å². The van der Waals surface area contributed by atoms with Gasteiger partial charge in [-0.15, -0.1) is 0 Å². The summed E-state index contributed by atoms with van der Waals surface area (Å²) in [4.78, 5) is 0. The molecule has 0 atom stereocenters. The summed E-state index contributed by atoms with van der Waals surface area (Å²) < 4.78 is 4.93. The maximum Gasteiger partial charge on any atom is 0.0542 e. The lowest BCUT2D eigenvalue weighted by atomic mass is 9.48. The van der Waals surface area contributed by atoms with Crippen LogP contribution in [0.25, 0.3) is 66.1 Å². The van der Waals surface area contributed by atoms with Gasteiger partial charge in [0, 0.05) is 32.9 Å². The van der Waals surface area contributed by atoms with E-state index in [2.05, 4.69) is 149 Å². The minimum Gasteiger partial charge on any atom is -0.309 e. The lowest BCUT2D eigenvalue weighted by Gasteiger charge is -2.57. The molecule has 2 heteroatoms. The second-order valence-electron chi connectivity index (χ2n) is 15.2. The number of rotatable bonds is 4. The third-order valence-corrected chi connectivity index (χ3v) is 12.5. The molecule has 0 saturated heterocycles. The van der Waals surface area contributed by atoms with Crippen molar-refractivity contribution in [2.75, 3.05) is 0 Å². The molecular weight excluding hydrogens is 581 g/mol. The van der Waals surface area contributed by atoms with E-state index in [4.69, 9.17) is 0 Å². The molecular formula is C46H38N2. The number of hydrogen-bond donors (Lipinski definition) is 0. The molecule has 2 aromatic heterocycles. The minimum absolute atomic E-state index is 0.395. The molecule has 8 aromatic rings. The third kappa shape index (κ3) is 3.86. The number of benzene rings is 6. The Hall–Kier alpha value is -5.08. The molecule has 4 aliphatic carbocycles. The molecule has 0 amide bonds. The van der Waals surface area contributed by atoms with Crippen molar-refractivity contribution in [3.63, 3.8) is 0 Å². The summed E-state index contributed by atoms with van der Waals surface area (Å²) in [6.45, 7) is 0. The Kier molecular flexibility index (Phi) is 5.59. The number of hydrogen-bond acceptors (Lipinski definition) is 0. The summed E-state index contributed by atoms with van der Waals surface area (Å²) in [5.74, 6) is 2.84. The van der Waals surface area contributed by atoms with Gasteiger partial charge in [0.25, 0.3) is 0 Å². The lowest BCUT2D eigenvalue weighted by molar-refractivity contribution is -0.00512. The van der Waals surface area contributed by atoms with Gasteiger partial charge in [-0.25, -0.2) is 0 Å². The van der Waals surface area contributed by atoms with Crippen LogP contribution in [0.1, 0.15) is 44.1 Å². The number of nitrogens with zero attached hydrogens (tertiary/aromatic N) is 2. The van der Waals surface area contributed by atoms with Gasteiger partial charge in [0.05, 0.1) is 22.1 Å². The fourth-order valence-electron chi connectivity index (χ4n) is 10.9. The highest BCUT2D eigenvalue weighted by molar-refractivity contribution is 6.12. The lowest BCUT2D eigenvalue weighted by Crippen LogP contribution is -2.48. The predicted molar refractivity (Wildman–Crippen MR) is 200 cm³/mol. The second kappa shape index (κ2) is 9.97. The van der Waals surface area contributed by atoms with Gasteiger partial charge in [0.1, 0.15) is 0 Å². The Morgan fingerprint density at radius 1 is 0.396 bits per heavy atom. The first-order valence-electron chi connectivity index (χ1n) is 17.9. The average molecular weight is 619 g/mol. The molecule has 4 saturated carbocycles. The Balaban J connectivity index is 1.07. The Morgan fingerprint density at radius 2 is 0.875 bits per heavy atom. The van der Waals surface area contributed by atoms with Crippen LogP contribution in [0.5, 0.6) is 0 Å². The standard InChI is InChI=1S/C46H38N2/c1-2-8-33(9-3-1)34-14-17-36(18-15-34)47-42-12-6-5-11-39(42)41-26-37(19-21-45(41)47)48-43-13-7-4-10-38(43)40-25-35(16-20-44(40)48)46-27-30-22-31(28-46)24-32(23-30)29-46/h1-21,25-26,30-32H,22-24,27-29H2. The van der Waals surface area contributed by atoms with Crippen LogP contribution in [0.3, 0.4) is 0 Å².